The van der Waals surface area contributed by atoms with Crippen LogP contribution in [0.3, 0.4) is 0 Å². The zero-order chi connectivity index (χ0) is 14.9. The van der Waals surface area contributed by atoms with Crippen molar-refractivity contribution in [2.45, 2.75) is 58.2 Å². The molecule has 20 heavy (non-hydrogen) atoms. The first-order valence-corrected chi connectivity index (χ1v) is 7.04. The highest BCUT2D eigenvalue weighted by Gasteiger charge is 2.65. The molecular formula is C14H20O6. The van der Waals surface area contributed by atoms with Crippen LogP contribution in [0.25, 0.3) is 0 Å². The average molecular weight is 284 g/mol. The summed E-state index contributed by atoms with van der Waals surface area (Å²) in [6.07, 6.45) is 2.73. The Morgan fingerprint density at radius 1 is 1.10 bits per heavy atom. The molecule has 1 unspecified atom stereocenters. The predicted molar refractivity (Wildman–Crippen MR) is 67.8 cm³/mol. The van der Waals surface area contributed by atoms with E-state index in [1.807, 2.05) is 0 Å². The Morgan fingerprint density at radius 2 is 1.70 bits per heavy atom. The maximum Gasteiger partial charge on any atom is 0.335 e. The van der Waals surface area contributed by atoms with E-state index in [9.17, 15) is 19.5 Å². The van der Waals surface area contributed by atoms with Crippen molar-refractivity contribution >= 4 is 17.9 Å². The SMILES string of the molecule is CC(C)OC(=O)C(C(=O)O)(C(=O)OC1CCC1)C1CC1. The highest BCUT2D eigenvalue weighted by atomic mass is 16.6. The molecule has 0 aromatic carbocycles. The van der Waals surface area contributed by atoms with Crippen LogP contribution in [-0.2, 0) is 23.9 Å². The summed E-state index contributed by atoms with van der Waals surface area (Å²) in [7, 11) is 0. The van der Waals surface area contributed by atoms with Crippen LogP contribution in [0.4, 0.5) is 0 Å². The molecule has 0 aliphatic heterocycles. The van der Waals surface area contributed by atoms with Crippen molar-refractivity contribution in [1.82, 2.24) is 0 Å². The Bertz CT molecular complexity index is 421. The van der Waals surface area contributed by atoms with Gasteiger partial charge in [0.05, 0.1) is 6.10 Å². The number of ether oxygens (including phenoxy) is 2. The third-order valence-corrected chi connectivity index (χ3v) is 3.84. The summed E-state index contributed by atoms with van der Waals surface area (Å²) in [6.45, 7) is 3.24. The fourth-order valence-corrected chi connectivity index (χ4v) is 2.32. The zero-order valence-electron chi connectivity index (χ0n) is 11.8. The molecule has 6 heteroatoms. The lowest BCUT2D eigenvalue weighted by atomic mass is 9.82. The Balaban J connectivity index is 2.23. The van der Waals surface area contributed by atoms with E-state index in [1.54, 1.807) is 13.8 Å². The second kappa shape index (κ2) is 5.42. The lowest BCUT2D eigenvalue weighted by Crippen LogP contribution is -2.52. The molecule has 2 aliphatic rings. The summed E-state index contributed by atoms with van der Waals surface area (Å²) in [5.74, 6) is -3.93. The normalized spacial score (nSPS) is 21.8. The number of carbonyl (C=O) groups excluding carboxylic acids is 2. The quantitative estimate of drug-likeness (QED) is 0.587. The maximum atomic E-state index is 12.3. The van der Waals surface area contributed by atoms with Crippen molar-refractivity contribution in [3.05, 3.63) is 0 Å². The van der Waals surface area contributed by atoms with E-state index >= 15 is 0 Å². The summed E-state index contributed by atoms with van der Waals surface area (Å²) in [4.78, 5) is 36.2. The molecule has 0 aromatic rings. The van der Waals surface area contributed by atoms with Crippen molar-refractivity contribution < 1.29 is 29.0 Å². The topological polar surface area (TPSA) is 89.9 Å². The summed E-state index contributed by atoms with van der Waals surface area (Å²) < 4.78 is 10.2. The molecule has 2 aliphatic carbocycles. The second-order valence-corrected chi connectivity index (χ2v) is 5.80. The van der Waals surface area contributed by atoms with Gasteiger partial charge in [0.15, 0.2) is 0 Å². The van der Waals surface area contributed by atoms with Gasteiger partial charge in [0.2, 0.25) is 0 Å². The van der Waals surface area contributed by atoms with Gasteiger partial charge in [-0.2, -0.15) is 0 Å². The van der Waals surface area contributed by atoms with E-state index < -0.39 is 35.3 Å². The molecule has 2 saturated carbocycles. The largest absolute Gasteiger partial charge is 0.480 e. The molecule has 6 nitrogen and oxygen atoms in total. The van der Waals surface area contributed by atoms with Gasteiger partial charge < -0.3 is 14.6 Å². The number of hydrogen-bond donors (Lipinski definition) is 1. The van der Waals surface area contributed by atoms with Crippen molar-refractivity contribution in [3.63, 3.8) is 0 Å². The smallest absolute Gasteiger partial charge is 0.335 e. The van der Waals surface area contributed by atoms with Gasteiger partial charge in [0.25, 0.3) is 5.41 Å². The zero-order valence-corrected chi connectivity index (χ0v) is 11.8. The number of esters is 2. The molecule has 0 amide bonds. The minimum absolute atomic E-state index is 0.258. The minimum Gasteiger partial charge on any atom is -0.480 e. The molecule has 2 fully saturated rings. The Kier molecular flexibility index (Phi) is 4.01. The number of carbonyl (C=O) groups is 3. The van der Waals surface area contributed by atoms with Crippen LogP contribution in [0.1, 0.15) is 46.0 Å². The molecule has 2 rings (SSSR count). The summed E-state index contributed by atoms with van der Waals surface area (Å²) >= 11 is 0. The number of rotatable bonds is 6. The molecule has 0 heterocycles. The number of hydrogen-bond acceptors (Lipinski definition) is 5. The number of carboxylic acid groups (broad SMARTS) is 1. The molecule has 0 bridgehead atoms. The first-order valence-electron chi connectivity index (χ1n) is 7.04. The summed E-state index contributed by atoms with van der Waals surface area (Å²) in [5.41, 5.74) is -2.18. The third-order valence-electron chi connectivity index (χ3n) is 3.84. The van der Waals surface area contributed by atoms with Gasteiger partial charge in [-0.05, 0) is 51.9 Å². The molecule has 0 saturated heterocycles. The Morgan fingerprint density at radius 3 is 2.05 bits per heavy atom. The van der Waals surface area contributed by atoms with Crippen LogP contribution in [0.15, 0.2) is 0 Å². The van der Waals surface area contributed by atoms with Crippen molar-refractivity contribution in [2.24, 2.45) is 11.3 Å². The molecule has 0 aromatic heterocycles. The highest BCUT2D eigenvalue weighted by molar-refractivity contribution is 6.18. The van der Waals surface area contributed by atoms with Crippen LogP contribution in [0.2, 0.25) is 0 Å². The van der Waals surface area contributed by atoms with E-state index in [1.165, 1.54) is 0 Å². The third kappa shape index (κ3) is 2.51. The fourth-order valence-electron chi connectivity index (χ4n) is 2.32. The van der Waals surface area contributed by atoms with Gasteiger partial charge in [-0.25, -0.2) is 0 Å². The van der Waals surface area contributed by atoms with Crippen LogP contribution >= 0.6 is 0 Å². The second-order valence-electron chi connectivity index (χ2n) is 5.80. The fraction of sp³-hybridized carbons (Fsp3) is 0.786. The van der Waals surface area contributed by atoms with E-state index in [0.29, 0.717) is 12.8 Å². The maximum absolute atomic E-state index is 12.3. The van der Waals surface area contributed by atoms with Crippen LogP contribution in [0.5, 0.6) is 0 Å². The van der Waals surface area contributed by atoms with E-state index in [0.717, 1.165) is 19.3 Å². The van der Waals surface area contributed by atoms with Crippen molar-refractivity contribution in [2.75, 3.05) is 0 Å². The molecule has 0 spiro atoms. The molecule has 1 N–H and O–H groups in total. The van der Waals surface area contributed by atoms with E-state index in [4.69, 9.17) is 9.47 Å². The van der Waals surface area contributed by atoms with Crippen LogP contribution < -0.4 is 0 Å². The number of aliphatic carboxylic acids is 1. The summed E-state index contributed by atoms with van der Waals surface area (Å²) in [5, 5.41) is 9.49. The van der Waals surface area contributed by atoms with Crippen molar-refractivity contribution in [1.29, 1.82) is 0 Å². The average Bonchev–Trinajstić information content (AvgIpc) is 3.07. The van der Waals surface area contributed by atoms with Crippen molar-refractivity contribution in [3.8, 4) is 0 Å². The Hall–Kier alpha value is -1.59. The first kappa shape index (κ1) is 14.8. The predicted octanol–water partition coefficient (Wildman–Crippen LogP) is 1.51. The van der Waals surface area contributed by atoms with Gasteiger partial charge in [-0.1, -0.05) is 0 Å². The van der Waals surface area contributed by atoms with E-state index in [-0.39, 0.29) is 6.10 Å². The van der Waals surface area contributed by atoms with E-state index in [2.05, 4.69) is 0 Å². The first-order chi connectivity index (χ1) is 9.38. The molecule has 1 atom stereocenters. The summed E-state index contributed by atoms with van der Waals surface area (Å²) in [6, 6.07) is 0. The van der Waals surface area contributed by atoms with Gasteiger partial charge in [-0.15, -0.1) is 0 Å². The van der Waals surface area contributed by atoms with Gasteiger partial charge in [0.1, 0.15) is 6.10 Å². The Labute approximate surface area is 117 Å². The van der Waals surface area contributed by atoms with Gasteiger partial charge >= 0.3 is 17.9 Å². The lowest BCUT2D eigenvalue weighted by molar-refractivity contribution is -0.189. The van der Waals surface area contributed by atoms with Gasteiger partial charge in [-0.3, -0.25) is 14.4 Å². The lowest BCUT2D eigenvalue weighted by Gasteiger charge is -2.31. The highest BCUT2D eigenvalue weighted by Crippen LogP contribution is 2.48. The minimum atomic E-state index is -2.18. The van der Waals surface area contributed by atoms with Crippen LogP contribution in [0, 0.1) is 11.3 Å². The molecule has 0 radical (unpaired) electrons. The molecule has 112 valence electrons. The monoisotopic (exact) mass is 284 g/mol. The standard InChI is InChI=1S/C14H20O6/c1-8(2)19-12(17)14(11(15)16,9-6-7-9)13(18)20-10-4-3-5-10/h8-10H,3-7H2,1-2H3,(H,15,16). The number of carboxylic acids is 1. The van der Waals surface area contributed by atoms with Crippen LogP contribution in [-0.4, -0.2) is 35.2 Å². The van der Waals surface area contributed by atoms with Gasteiger partial charge in [0, 0.05) is 0 Å². The molecular weight excluding hydrogens is 264 g/mol.